The van der Waals surface area contributed by atoms with E-state index in [9.17, 15) is 4.79 Å². The number of benzene rings is 1. The number of nitrogens with zero attached hydrogens (tertiary/aromatic N) is 1. The second-order valence-corrected chi connectivity index (χ2v) is 5.80. The van der Waals surface area contributed by atoms with Crippen molar-refractivity contribution in [3.05, 3.63) is 35.4 Å². The van der Waals surface area contributed by atoms with Gasteiger partial charge < -0.3 is 0 Å². The van der Waals surface area contributed by atoms with Crippen molar-refractivity contribution >= 4 is 19.6 Å². The second kappa shape index (κ2) is 4.95. The summed E-state index contributed by atoms with van der Waals surface area (Å²) in [4.78, 5) is 11.5. The number of aryl methyl sites for hydroxylation is 1. The Morgan fingerprint density at radius 3 is 2.50 bits per heavy atom. The quantitative estimate of drug-likeness (QED) is 0.773. The number of hydrogen-bond donors (Lipinski definition) is 0. The molecule has 1 aromatic rings. The van der Waals surface area contributed by atoms with E-state index < -0.39 is 0 Å². The Balaban J connectivity index is 2.71. The van der Waals surface area contributed by atoms with Crippen molar-refractivity contribution in [1.82, 2.24) is 0 Å². The molecule has 0 saturated carbocycles. The third kappa shape index (κ3) is 2.99. The van der Waals surface area contributed by atoms with Crippen LogP contribution in [0.2, 0.25) is 4.82 Å². The van der Waals surface area contributed by atoms with Gasteiger partial charge in [0.2, 0.25) is 0 Å². The zero-order chi connectivity index (χ0) is 10.6. The van der Waals surface area contributed by atoms with Crippen molar-refractivity contribution < 1.29 is 4.79 Å². The molecule has 0 radical (unpaired) electrons. The van der Waals surface area contributed by atoms with Crippen LogP contribution in [-0.2, 0) is 0 Å². The summed E-state index contributed by atoms with van der Waals surface area (Å²) in [5.74, 6) is 0. The van der Waals surface area contributed by atoms with Gasteiger partial charge in [-0.3, -0.25) is 0 Å². The van der Waals surface area contributed by atoms with Gasteiger partial charge >= 0.3 is 89.8 Å². The number of hydrogen-bond acceptors (Lipinski definition) is 2. The van der Waals surface area contributed by atoms with Gasteiger partial charge in [-0.2, -0.15) is 0 Å². The first kappa shape index (κ1) is 11.0. The Kier molecular flexibility index (Phi) is 3.88. The Morgan fingerprint density at radius 1 is 1.43 bits per heavy atom. The third-order valence-electron chi connectivity index (χ3n) is 1.75. The monoisotopic (exact) mass is 253 g/mol. The van der Waals surface area contributed by atoms with E-state index in [0.717, 1.165) is 11.1 Å². The maximum absolute atomic E-state index is 11.6. The van der Waals surface area contributed by atoms with Crippen molar-refractivity contribution in [3.8, 4) is 6.07 Å². The first-order chi connectivity index (χ1) is 6.63. The number of carbonyl (C=O) groups is 1. The molecule has 0 aliphatic rings. The number of rotatable bonds is 3. The molecule has 1 rings (SSSR count). The van der Waals surface area contributed by atoms with E-state index in [1.54, 1.807) is 6.92 Å². The van der Waals surface area contributed by atoms with Gasteiger partial charge in [-0.1, -0.05) is 0 Å². The normalized spacial score (nSPS) is 11.8. The van der Waals surface area contributed by atoms with Crippen LogP contribution in [0.15, 0.2) is 24.3 Å². The molecule has 0 fully saturated rings. The van der Waals surface area contributed by atoms with Crippen molar-refractivity contribution in [3.63, 3.8) is 0 Å². The molecule has 2 nitrogen and oxygen atoms in total. The summed E-state index contributed by atoms with van der Waals surface area (Å²) in [7, 11) is 0. The van der Waals surface area contributed by atoms with Gasteiger partial charge in [0.1, 0.15) is 0 Å². The molecule has 0 amide bonds. The average molecular weight is 252 g/mol. The molecule has 0 spiro atoms. The van der Waals surface area contributed by atoms with Gasteiger partial charge in [0.15, 0.2) is 0 Å². The van der Waals surface area contributed by atoms with E-state index >= 15 is 0 Å². The molecule has 0 bridgehead atoms. The molecule has 0 aliphatic heterocycles. The van der Waals surface area contributed by atoms with Crippen molar-refractivity contribution in [2.45, 2.75) is 18.7 Å². The van der Waals surface area contributed by atoms with E-state index in [2.05, 4.69) is 6.07 Å². The summed E-state index contributed by atoms with van der Waals surface area (Å²) >= 11 is -0.260. The van der Waals surface area contributed by atoms with E-state index in [0.29, 0.717) is 0 Å². The Hall–Kier alpha value is -1.10. The Labute approximate surface area is 90.1 Å². The van der Waals surface area contributed by atoms with Crippen LogP contribution in [0.3, 0.4) is 0 Å². The van der Waals surface area contributed by atoms with Gasteiger partial charge in [-0.15, -0.1) is 0 Å². The standard InChI is InChI=1S/C11H11NOSe/c1-8-3-5-10(6-4-8)11(13)14-9(2)7-12/h3-6,9H,1-2H3. The third-order valence-corrected chi connectivity index (χ3v) is 3.66. The van der Waals surface area contributed by atoms with Crippen molar-refractivity contribution in [2.24, 2.45) is 0 Å². The number of nitriles is 1. The SMILES string of the molecule is Cc1ccc(C(=O)[Se]C(C)C#N)cc1. The molecule has 3 heteroatoms. The first-order valence-corrected chi connectivity index (χ1v) is 6.15. The predicted octanol–water partition coefficient (Wildman–Crippen LogP) is 2.17. The fourth-order valence-electron chi connectivity index (χ4n) is 0.945. The molecular formula is C11H11NOSe. The second-order valence-electron chi connectivity index (χ2n) is 3.04. The van der Waals surface area contributed by atoms with Gasteiger partial charge in [0.05, 0.1) is 0 Å². The molecule has 0 aliphatic carbocycles. The predicted molar refractivity (Wildman–Crippen MR) is 56.3 cm³/mol. The molecule has 1 atom stereocenters. The summed E-state index contributed by atoms with van der Waals surface area (Å²) in [6.07, 6.45) is 0. The summed E-state index contributed by atoms with van der Waals surface area (Å²) < 4.78 is 0.103. The number of carbonyl (C=O) groups excluding carboxylic acids is 1. The van der Waals surface area contributed by atoms with E-state index in [4.69, 9.17) is 5.26 Å². The molecule has 0 saturated heterocycles. The fraction of sp³-hybridized carbons (Fsp3) is 0.273. The van der Waals surface area contributed by atoms with Crippen LogP contribution in [0.4, 0.5) is 0 Å². The fourth-order valence-corrected chi connectivity index (χ4v) is 2.30. The maximum atomic E-state index is 11.6. The van der Waals surface area contributed by atoms with E-state index in [1.807, 2.05) is 31.2 Å². The van der Waals surface area contributed by atoms with Gasteiger partial charge in [-0.25, -0.2) is 0 Å². The zero-order valence-corrected chi connectivity index (χ0v) is 9.86. The van der Waals surface area contributed by atoms with Crippen LogP contribution < -0.4 is 0 Å². The van der Waals surface area contributed by atoms with Gasteiger partial charge in [0, 0.05) is 0 Å². The van der Waals surface area contributed by atoms with Gasteiger partial charge in [0.25, 0.3) is 0 Å². The molecule has 0 aromatic heterocycles. The summed E-state index contributed by atoms with van der Waals surface area (Å²) in [5, 5.41) is 8.59. The molecule has 0 heterocycles. The van der Waals surface area contributed by atoms with Crippen LogP contribution in [0.1, 0.15) is 22.8 Å². The molecule has 14 heavy (non-hydrogen) atoms. The Bertz CT molecular complexity index is 364. The zero-order valence-electron chi connectivity index (χ0n) is 8.15. The van der Waals surface area contributed by atoms with Crippen molar-refractivity contribution in [2.75, 3.05) is 0 Å². The molecule has 1 aromatic carbocycles. The minimum absolute atomic E-state index is 0.103. The summed E-state index contributed by atoms with van der Waals surface area (Å²) in [6.45, 7) is 3.77. The van der Waals surface area contributed by atoms with Crippen LogP contribution in [0.5, 0.6) is 0 Å². The molecular weight excluding hydrogens is 241 g/mol. The van der Waals surface area contributed by atoms with E-state index in [1.165, 1.54) is 0 Å². The summed E-state index contributed by atoms with van der Waals surface area (Å²) in [5.41, 5.74) is 1.86. The topological polar surface area (TPSA) is 40.9 Å². The van der Waals surface area contributed by atoms with Crippen LogP contribution in [0.25, 0.3) is 0 Å². The van der Waals surface area contributed by atoms with Crippen molar-refractivity contribution in [1.29, 1.82) is 5.26 Å². The van der Waals surface area contributed by atoms with Gasteiger partial charge in [-0.05, 0) is 0 Å². The molecule has 1 unspecified atom stereocenters. The van der Waals surface area contributed by atoms with Crippen LogP contribution >= 0.6 is 0 Å². The Morgan fingerprint density at radius 2 is 2.00 bits per heavy atom. The van der Waals surface area contributed by atoms with Crippen LogP contribution in [-0.4, -0.2) is 19.6 Å². The first-order valence-electron chi connectivity index (χ1n) is 4.30. The average Bonchev–Trinajstić information content (AvgIpc) is 2.18. The summed E-state index contributed by atoms with van der Waals surface area (Å²) in [6, 6.07) is 9.56. The van der Waals surface area contributed by atoms with E-state index in [-0.39, 0.29) is 24.5 Å². The minimum atomic E-state index is -0.260. The molecule has 0 N–H and O–H groups in total. The van der Waals surface area contributed by atoms with Crippen LogP contribution in [0, 0.1) is 18.3 Å². The molecule has 72 valence electrons.